The quantitative estimate of drug-likeness (QED) is 0.672. The normalized spacial score (nSPS) is 17.6. The zero-order valence-electron chi connectivity index (χ0n) is 11.0. The minimum Gasteiger partial charge on any atom is -0.324 e. The van der Waals surface area contributed by atoms with Gasteiger partial charge in [-0.15, -0.1) is 0 Å². The van der Waals surface area contributed by atoms with Crippen molar-refractivity contribution in [3.05, 3.63) is 44.0 Å². The molecule has 0 bridgehead atoms. The second kappa shape index (κ2) is 5.96. The molecule has 0 heterocycles. The lowest BCUT2D eigenvalue weighted by atomic mass is 9.81. The van der Waals surface area contributed by atoms with Gasteiger partial charge in [-0.3, -0.25) is 20.2 Å². The van der Waals surface area contributed by atoms with Gasteiger partial charge in [-0.25, -0.2) is 0 Å². The molecule has 0 aromatic heterocycles. The minimum absolute atomic E-state index is 0.212. The minimum atomic E-state index is -0.636. The number of nitro benzene ring substituents is 2. The predicted octanol–water partition coefficient (Wildman–Crippen LogP) is 3.08. The first kappa shape index (κ1) is 14.4. The lowest BCUT2D eigenvalue weighted by molar-refractivity contribution is -0.394. The van der Waals surface area contributed by atoms with Crippen molar-refractivity contribution in [3.63, 3.8) is 0 Å². The molecule has 0 amide bonds. The molecule has 1 atom stereocenters. The van der Waals surface area contributed by atoms with E-state index in [4.69, 9.17) is 5.73 Å². The van der Waals surface area contributed by atoms with Gasteiger partial charge in [0.1, 0.15) is 0 Å². The fourth-order valence-electron chi connectivity index (χ4n) is 2.83. The zero-order valence-corrected chi connectivity index (χ0v) is 11.0. The van der Waals surface area contributed by atoms with Gasteiger partial charge in [-0.05, 0) is 24.8 Å². The zero-order chi connectivity index (χ0) is 14.7. The van der Waals surface area contributed by atoms with Gasteiger partial charge in [-0.1, -0.05) is 19.3 Å². The first-order valence-corrected chi connectivity index (χ1v) is 6.69. The molecule has 20 heavy (non-hydrogen) atoms. The molecule has 2 N–H and O–H groups in total. The van der Waals surface area contributed by atoms with Crippen LogP contribution in [0.2, 0.25) is 0 Å². The summed E-state index contributed by atoms with van der Waals surface area (Å²) in [7, 11) is 0. The molecule has 7 heteroatoms. The Morgan fingerprint density at radius 1 is 1.10 bits per heavy atom. The maximum atomic E-state index is 11.1. The van der Waals surface area contributed by atoms with Gasteiger partial charge in [0.2, 0.25) is 0 Å². The highest BCUT2D eigenvalue weighted by molar-refractivity contribution is 5.50. The number of hydrogen-bond donors (Lipinski definition) is 1. The number of nitro groups is 2. The summed E-state index contributed by atoms with van der Waals surface area (Å²) in [4.78, 5) is 20.6. The Labute approximate surface area is 116 Å². The van der Waals surface area contributed by atoms with Crippen molar-refractivity contribution in [1.29, 1.82) is 0 Å². The van der Waals surface area contributed by atoms with Crippen molar-refractivity contribution >= 4 is 11.4 Å². The molecule has 0 radical (unpaired) electrons. The Balaban J connectivity index is 2.34. The topological polar surface area (TPSA) is 112 Å². The second-order valence-electron chi connectivity index (χ2n) is 5.18. The highest BCUT2D eigenvalue weighted by Gasteiger charge is 2.29. The summed E-state index contributed by atoms with van der Waals surface area (Å²) in [6, 6.07) is 3.27. The molecular weight excluding hydrogens is 262 g/mol. The van der Waals surface area contributed by atoms with Crippen LogP contribution in [0.3, 0.4) is 0 Å². The van der Waals surface area contributed by atoms with Crippen LogP contribution in [0.25, 0.3) is 0 Å². The average molecular weight is 279 g/mol. The lowest BCUT2D eigenvalue weighted by Gasteiger charge is -2.27. The van der Waals surface area contributed by atoms with E-state index in [2.05, 4.69) is 0 Å². The third-order valence-corrected chi connectivity index (χ3v) is 3.94. The largest absolute Gasteiger partial charge is 0.324 e. The molecule has 1 aromatic carbocycles. The van der Waals surface area contributed by atoms with E-state index in [0.717, 1.165) is 31.7 Å². The van der Waals surface area contributed by atoms with Gasteiger partial charge in [0.25, 0.3) is 11.4 Å². The summed E-state index contributed by atoms with van der Waals surface area (Å²) < 4.78 is 0. The van der Waals surface area contributed by atoms with Crippen LogP contribution in [-0.2, 0) is 0 Å². The van der Waals surface area contributed by atoms with Crippen molar-refractivity contribution in [2.75, 3.05) is 0 Å². The van der Waals surface area contributed by atoms with E-state index >= 15 is 0 Å². The van der Waals surface area contributed by atoms with Crippen LogP contribution in [-0.4, -0.2) is 9.85 Å². The van der Waals surface area contributed by atoms with Crippen LogP contribution in [0.4, 0.5) is 11.4 Å². The standard InChI is InChI=1S/C13H17N3O4/c14-13(9-4-2-1-3-5-9)11-7-6-10(15(17)18)8-12(11)16(19)20/h6-9,13H,1-5,14H2. The summed E-state index contributed by atoms with van der Waals surface area (Å²) in [6.07, 6.45) is 5.24. The molecule has 1 aliphatic carbocycles. The van der Waals surface area contributed by atoms with Crippen molar-refractivity contribution in [2.45, 2.75) is 38.1 Å². The van der Waals surface area contributed by atoms with Crippen LogP contribution in [0.15, 0.2) is 18.2 Å². The summed E-state index contributed by atoms with van der Waals surface area (Å²) in [5, 5.41) is 21.8. The van der Waals surface area contributed by atoms with Crippen LogP contribution in [0, 0.1) is 26.1 Å². The third kappa shape index (κ3) is 2.93. The fourth-order valence-corrected chi connectivity index (χ4v) is 2.83. The molecule has 1 unspecified atom stereocenters. The lowest BCUT2D eigenvalue weighted by Crippen LogP contribution is -2.24. The number of non-ortho nitro benzene ring substituents is 1. The molecular formula is C13H17N3O4. The summed E-state index contributed by atoms with van der Waals surface area (Å²) in [6.45, 7) is 0. The van der Waals surface area contributed by atoms with Crippen molar-refractivity contribution in [2.24, 2.45) is 11.7 Å². The van der Waals surface area contributed by atoms with Gasteiger partial charge in [0.05, 0.1) is 15.9 Å². The third-order valence-electron chi connectivity index (χ3n) is 3.94. The van der Waals surface area contributed by atoms with E-state index < -0.39 is 15.9 Å². The molecule has 1 saturated carbocycles. The van der Waals surface area contributed by atoms with Gasteiger partial charge in [0.15, 0.2) is 0 Å². The molecule has 1 aliphatic rings. The first-order chi connectivity index (χ1) is 9.50. The molecule has 1 aromatic rings. The Kier molecular flexibility index (Phi) is 4.29. The molecule has 108 valence electrons. The average Bonchev–Trinajstić information content (AvgIpc) is 2.46. The Morgan fingerprint density at radius 3 is 2.30 bits per heavy atom. The number of nitrogens with two attached hydrogens (primary N) is 1. The first-order valence-electron chi connectivity index (χ1n) is 6.69. The van der Waals surface area contributed by atoms with E-state index in [0.29, 0.717) is 5.56 Å². The summed E-state index contributed by atoms with van der Waals surface area (Å²) >= 11 is 0. The molecule has 7 nitrogen and oxygen atoms in total. The molecule has 2 rings (SSSR count). The highest BCUT2D eigenvalue weighted by atomic mass is 16.6. The molecule has 0 aliphatic heterocycles. The van der Waals surface area contributed by atoms with E-state index in [1.54, 1.807) is 0 Å². The van der Waals surface area contributed by atoms with Crippen molar-refractivity contribution < 1.29 is 9.85 Å². The second-order valence-corrected chi connectivity index (χ2v) is 5.18. The number of hydrogen-bond acceptors (Lipinski definition) is 5. The van der Waals surface area contributed by atoms with E-state index in [9.17, 15) is 20.2 Å². The van der Waals surface area contributed by atoms with Crippen LogP contribution < -0.4 is 5.73 Å². The van der Waals surface area contributed by atoms with Crippen LogP contribution in [0.5, 0.6) is 0 Å². The Hall–Kier alpha value is -2.02. The summed E-state index contributed by atoms with van der Waals surface area (Å²) in [5.41, 5.74) is 6.02. The van der Waals surface area contributed by atoms with Crippen LogP contribution in [0.1, 0.15) is 43.7 Å². The maximum Gasteiger partial charge on any atom is 0.281 e. The number of nitrogens with zero attached hydrogens (tertiary/aromatic N) is 2. The number of benzene rings is 1. The van der Waals surface area contributed by atoms with Gasteiger partial charge >= 0.3 is 0 Å². The van der Waals surface area contributed by atoms with E-state index in [1.807, 2.05) is 0 Å². The Bertz CT molecular complexity index is 526. The van der Waals surface area contributed by atoms with Gasteiger partial charge in [-0.2, -0.15) is 0 Å². The SMILES string of the molecule is NC(c1ccc([N+](=O)[O-])cc1[N+](=O)[O-])C1CCCCC1. The Morgan fingerprint density at radius 2 is 1.75 bits per heavy atom. The highest BCUT2D eigenvalue weighted by Crippen LogP contribution is 2.37. The predicted molar refractivity (Wildman–Crippen MR) is 73.3 cm³/mol. The van der Waals surface area contributed by atoms with Crippen LogP contribution >= 0.6 is 0 Å². The van der Waals surface area contributed by atoms with Crippen molar-refractivity contribution in [1.82, 2.24) is 0 Å². The maximum absolute atomic E-state index is 11.1. The van der Waals surface area contributed by atoms with Crippen molar-refractivity contribution in [3.8, 4) is 0 Å². The number of rotatable bonds is 4. The monoisotopic (exact) mass is 279 g/mol. The smallest absolute Gasteiger partial charge is 0.281 e. The molecule has 0 saturated heterocycles. The van der Waals surface area contributed by atoms with Gasteiger partial charge < -0.3 is 5.73 Å². The fraction of sp³-hybridized carbons (Fsp3) is 0.538. The molecule has 0 spiro atoms. The summed E-state index contributed by atoms with van der Waals surface area (Å²) in [5.74, 6) is 0.212. The van der Waals surface area contributed by atoms with E-state index in [1.165, 1.54) is 18.6 Å². The van der Waals surface area contributed by atoms with Gasteiger partial charge in [0, 0.05) is 17.7 Å². The molecule has 1 fully saturated rings. The van der Waals surface area contributed by atoms with E-state index in [-0.39, 0.29) is 17.3 Å².